The first kappa shape index (κ1) is 23.5. The van der Waals surface area contributed by atoms with E-state index in [-0.39, 0.29) is 11.6 Å². The Morgan fingerprint density at radius 3 is 2.24 bits per heavy atom. The van der Waals surface area contributed by atoms with Crippen LogP contribution < -0.4 is 9.47 Å². The third-order valence-electron chi connectivity index (χ3n) is 7.81. The average molecular weight is 495 g/mol. The van der Waals surface area contributed by atoms with Crippen LogP contribution >= 0.6 is 0 Å². The van der Waals surface area contributed by atoms with E-state index >= 15 is 0 Å². The molecule has 0 fully saturated rings. The fraction of sp³-hybridized carbons (Fsp3) is 0.312. The van der Waals surface area contributed by atoms with Gasteiger partial charge in [-0.05, 0) is 53.8 Å². The van der Waals surface area contributed by atoms with E-state index in [2.05, 4.69) is 31.2 Å². The number of fused-ring (bicyclic) bond motifs is 1. The fourth-order valence-corrected chi connectivity index (χ4v) is 5.92. The van der Waals surface area contributed by atoms with Crippen LogP contribution in [0.1, 0.15) is 61.1 Å². The summed E-state index contributed by atoms with van der Waals surface area (Å²) in [5.74, 6) is 2.41. The maximum Gasteiger partial charge on any atom is 0.163 e. The Morgan fingerprint density at radius 2 is 1.54 bits per heavy atom. The van der Waals surface area contributed by atoms with E-state index in [1.54, 1.807) is 7.11 Å². The van der Waals surface area contributed by atoms with Crippen LogP contribution in [0.3, 0.4) is 0 Å². The Morgan fingerprint density at radius 1 is 0.838 bits per heavy atom. The van der Waals surface area contributed by atoms with Crippen LogP contribution in [0.5, 0.6) is 11.5 Å². The number of aryl methyl sites for hydroxylation is 1. The largest absolute Gasteiger partial charge is 0.493 e. The van der Waals surface area contributed by atoms with Gasteiger partial charge >= 0.3 is 0 Å². The number of hydrogen-bond acceptors (Lipinski definition) is 5. The Labute approximate surface area is 216 Å². The number of benzene rings is 3. The summed E-state index contributed by atoms with van der Waals surface area (Å²) in [7, 11) is 1.62. The first-order valence-electron chi connectivity index (χ1n) is 13.0. The van der Waals surface area contributed by atoms with Crippen molar-refractivity contribution in [3.05, 3.63) is 94.0 Å². The molecule has 1 heterocycles. The van der Waals surface area contributed by atoms with Gasteiger partial charge in [-0.1, -0.05) is 42.5 Å². The zero-order valence-electron chi connectivity index (χ0n) is 21.3. The molecule has 37 heavy (non-hydrogen) atoms. The average Bonchev–Trinajstić information content (AvgIpc) is 2.92. The predicted octanol–water partition coefficient (Wildman–Crippen LogP) is 6.86. The summed E-state index contributed by atoms with van der Waals surface area (Å²) < 4.78 is 18.2. The van der Waals surface area contributed by atoms with E-state index in [1.807, 2.05) is 30.3 Å². The number of Topliss-reactive ketones (excluding diaryl/α,β-unsaturated/α-hetero) is 2. The van der Waals surface area contributed by atoms with Crippen molar-refractivity contribution in [1.82, 2.24) is 0 Å². The summed E-state index contributed by atoms with van der Waals surface area (Å²) in [6, 6.07) is 18.3. The van der Waals surface area contributed by atoms with Crippen LogP contribution in [0.2, 0.25) is 0 Å². The van der Waals surface area contributed by atoms with Crippen molar-refractivity contribution in [3.63, 3.8) is 0 Å². The smallest absolute Gasteiger partial charge is 0.163 e. The molecule has 0 unspecified atom stereocenters. The van der Waals surface area contributed by atoms with E-state index in [0.29, 0.717) is 42.1 Å². The van der Waals surface area contributed by atoms with E-state index < -0.39 is 5.92 Å². The molecule has 5 nitrogen and oxygen atoms in total. The highest BCUT2D eigenvalue weighted by molar-refractivity contribution is 6.05. The van der Waals surface area contributed by atoms with Gasteiger partial charge in [-0.15, -0.1) is 0 Å². The Bertz CT molecular complexity index is 1450. The van der Waals surface area contributed by atoms with Gasteiger partial charge in [0.15, 0.2) is 23.1 Å². The number of methoxy groups -OCH3 is 1. The van der Waals surface area contributed by atoms with E-state index in [9.17, 15) is 9.59 Å². The maximum absolute atomic E-state index is 13.1. The zero-order chi connectivity index (χ0) is 25.5. The Balaban J connectivity index is 1.37. The Kier molecular flexibility index (Phi) is 6.07. The monoisotopic (exact) mass is 494 g/mol. The molecule has 0 spiro atoms. The Hall–Kier alpha value is -3.86. The molecule has 0 bridgehead atoms. The highest BCUT2D eigenvalue weighted by atomic mass is 16.5. The van der Waals surface area contributed by atoms with Gasteiger partial charge in [-0.2, -0.15) is 0 Å². The van der Waals surface area contributed by atoms with Gasteiger partial charge < -0.3 is 14.2 Å². The molecule has 0 saturated carbocycles. The SMILES string of the molecule is COc1cc(C2C3=C(CCCC3=O)OC3=C2C(=O)CCC3)ccc1OCc1c(C)ccc2ccccc12. The molecular weight excluding hydrogens is 464 g/mol. The summed E-state index contributed by atoms with van der Waals surface area (Å²) in [4.78, 5) is 26.2. The van der Waals surface area contributed by atoms with E-state index in [4.69, 9.17) is 14.2 Å². The van der Waals surface area contributed by atoms with Gasteiger partial charge in [0.1, 0.15) is 18.1 Å². The first-order valence-corrected chi connectivity index (χ1v) is 13.0. The highest BCUT2D eigenvalue weighted by Gasteiger charge is 2.42. The molecule has 3 aliphatic rings. The molecule has 6 rings (SSSR count). The molecular formula is C32H30O5. The topological polar surface area (TPSA) is 61.8 Å². The summed E-state index contributed by atoms with van der Waals surface area (Å²) in [5, 5.41) is 2.35. The number of carbonyl (C=O) groups excluding carboxylic acids is 2. The number of ketones is 2. The zero-order valence-corrected chi connectivity index (χ0v) is 21.3. The molecule has 3 aromatic carbocycles. The first-order chi connectivity index (χ1) is 18.0. The van der Waals surface area contributed by atoms with E-state index in [1.165, 1.54) is 16.3 Å². The van der Waals surface area contributed by atoms with Crippen LogP contribution in [0.15, 0.2) is 77.3 Å². The van der Waals surface area contributed by atoms with Gasteiger partial charge in [-0.3, -0.25) is 9.59 Å². The van der Waals surface area contributed by atoms with Crippen molar-refractivity contribution in [1.29, 1.82) is 0 Å². The normalized spacial score (nSPS) is 18.0. The fourth-order valence-electron chi connectivity index (χ4n) is 5.92. The standard InChI is InChI=1S/C32H30O5/c1-19-13-14-20-7-3-4-8-22(20)23(19)18-36-26-16-15-21(17-29(26)35-2)30-31-24(33)9-5-11-27(31)37-28-12-6-10-25(34)32(28)30/h3-4,7-8,13-17,30H,5-6,9-12,18H2,1-2H3. The lowest BCUT2D eigenvalue weighted by atomic mass is 9.73. The minimum Gasteiger partial charge on any atom is -0.493 e. The molecule has 2 aliphatic carbocycles. The molecule has 0 radical (unpaired) electrons. The van der Waals surface area contributed by atoms with Crippen LogP contribution in [0, 0.1) is 6.92 Å². The van der Waals surface area contributed by atoms with Crippen molar-refractivity contribution in [2.75, 3.05) is 7.11 Å². The van der Waals surface area contributed by atoms with Crippen molar-refractivity contribution >= 4 is 22.3 Å². The lowest BCUT2D eigenvalue weighted by molar-refractivity contribution is -0.117. The summed E-state index contributed by atoms with van der Waals surface area (Å²) in [5.41, 5.74) is 4.45. The van der Waals surface area contributed by atoms with Gasteiger partial charge in [0, 0.05) is 48.3 Å². The quantitative estimate of drug-likeness (QED) is 0.388. The summed E-state index contributed by atoms with van der Waals surface area (Å²) >= 11 is 0. The minimum atomic E-state index is -0.414. The molecule has 0 amide bonds. The lowest BCUT2D eigenvalue weighted by Crippen LogP contribution is -2.30. The van der Waals surface area contributed by atoms with Gasteiger partial charge in [0.05, 0.1) is 7.11 Å². The predicted molar refractivity (Wildman–Crippen MR) is 142 cm³/mol. The van der Waals surface area contributed by atoms with E-state index in [0.717, 1.165) is 48.3 Å². The summed E-state index contributed by atoms with van der Waals surface area (Å²) in [6.45, 7) is 2.50. The minimum absolute atomic E-state index is 0.0712. The van der Waals surface area contributed by atoms with Gasteiger partial charge in [-0.25, -0.2) is 0 Å². The second kappa shape index (κ2) is 9.55. The molecule has 0 N–H and O–H groups in total. The molecule has 0 aromatic heterocycles. The second-order valence-electron chi connectivity index (χ2n) is 10.0. The number of hydrogen-bond donors (Lipinski definition) is 0. The van der Waals surface area contributed by atoms with Crippen molar-refractivity contribution in [3.8, 4) is 11.5 Å². The number of rotatable bonds is 5. The van der Waals surface area contributed by atoms with Crippen LogP contribution in [-0.4, -0.2) is 18.7 Å². The van der Waals surface area contributed by atoms with Gasteiger partial charge in [0.2, 0.25) is 0 Å². The van der Waals surface area contributed by atoms with Crippen molar-refractivity contribution in [2.45, 2.75) is 58.0 Å². The molecule has 0 atom stereocenters. The number of allylic oxidation sites excluding steroid dienone is 4. The van der Waals surface area contributed by atoms with Gasteiger partial charge in [0.25, 0.3) is 0 Å². The second-order valence-corrected chi connectivity index (χ2v) is 10.0. The molecule has 3 aromatic rings. The number of carbonyl (C=O) groups is 2. The van der Waals surface area contributed by atoms with Crippen LogP contribution in [0.4, 0.5) is 0 Å². The number of ether oxygens (including phenoxy) is 3. The molecule has 0 saturated heterocycles. The van der Waals surface area contributed by atoms with Crippen molar-refractivity contribution < 1.29 is 23.8 Å². The van der Waals surface area contributed by atoms with Crippen LogP contribution in [-0.2, 0) is 20.9 Å². The van der Waals surface area contributed by atoms with Crippen molar-refractivity contribution in [2.24, 2.45) is 0 Å². The maximum atomic E-state index is 13.1. The molecule has 188 valence electrons. The third-order valence-corrected chi connectivity index (χ3v) is 7.81. The molecule has 1 aliphatic heterocycles. The molecule has 5 heteroatoms. The van der Waals surface area contributed by atoms with Crippen LogP contribution in [0.25, 0.3) is 10.8 Å². The lowest BCUT2D eigenvalue weighted by Gasteiger charge is -2.36. The highest BCUT2D eigenvalue weighted by Crippen LogP contribution is 2.48. The summed E-state index contributed by atoms with van der Waals surface area (Å²) in [6.07, 6.45) is 3.99. The third kappa shape index (κ3) is 4.12.